The van der Waals surface area contributed by atoms with E-state index in [1.54, 1.807) is 0 Å². The van der Waals surface area contributed by atoms with Crippen LogP contribution in [0.4, 0.5) is 0 Å². The van der Waals surface area contributed by atoms with Crippen molar-refractivity contribution in [3.05, 3.63) is 34.9 Å². The first-order chi connectivity index (χ1) is 10.3. The first kappa shape index (κ1) is 15.4. The lowest BCUT2D eigenvalue weighted by atomic mass is 9.77. The summed E-state index contributed by atoms with van der Waals surface area (Å²) in [7, 11) is 0. The summed E-state index contributed by atoms with van der Waals surface area (Å²) in [4.78, 5) is 0. The molecule has 1 nitrogen and oxygen atoms in total. The Morgan fingerprint density at radius 2 is 1.67 bits per heavy atom. The van der Waals surface area contributed by atoms with Gasteiger partial charge in [0.15, 0.2) is 0 Å². The predicted molar refractivity (Wildman–Crippen MR) is 91.0 cm³/mol. The topological polar surface area (TPSA) is 12.0 Å². The van der Waals surface area contributed by atoms with Gasteiger partial charge < -0.3 is 5.32 Å². The van der Waals surface area contributed by atoms with Gasteiger partial charge in [-0.25, -0.2) is 0 Å². The molecular weight excluding hydrogens is 278 g/mol. The maximum atomic E-state index is 6.34. The van der Waals surface area contributed by atoms with Gasteiger partial charge >= 0.3 is 0 Å². The van der Waals surface area contributed by atoms with Crippen LogP contribution < -0.4 is 5.32 Å². The summed E-state index contributed by atoms with van der Waals surface area (Å²) < 4.78 is 0. The van der Waals surface area contributed by atoms with Crippen molar-refractivity contribution in [2.24, 2.45) is 5.92 Å². The normalized spacial score (nSPS) is 27.1. The number of hydrogen-bond donors (Lipinski definition) is 1. The molecule has 0 aromatic heterocycles. The fraction of sp³-hybridized carbons (Fsp3) is 0.684. The Bertz CT molecular complexity index is 431. The lowest BCUT2D eigenvalue weighted by molar-refractivity contribution is 0.302. The predicted octanol–water partition coefficient (Wildman–Crippen LogP) is 5.54. The zero-order valence-corrected chi connectivity index (χ0v) is 13.7. The van der Waals surface area contributed by atoms with E-state index in [1.165, 1.54) is 69.9 Å². The highest BCUT2D eigenvalue weighted by Gasteiger charge is 2.23. The standard InChI is InChI=1S/C19H28ClN/c20-19-8-4-3-7-18(19)16-11-9-15(10-12-16)13-14-21-17-5-1-2-6-17/h3-4,7-8,15-17,21H,1-2,5-6,9-14H2. The maximum Gasteiger partial charge on any atom is 0.0440 e. The lowest BCUT2D eigenvalue weighted by Gasteiger charge is -2.29. The molecule has 0 unspecified atom stereocenters. The highest BCUT2D eigenvalue weighted by molar-refractivity contribution is 6.31. The average Bonchev–Trinajstić information content (AvgIpc) is 3.02. The minimum atomic E-state index is 0.692. The average molecular weight is 306 g/mol. The Labute approximate surface area is 134 Å². The summed E-state index contributed by atoms with van der Waals surface area (Å²) in [5.41, 5.74) is 1.38. The van der Waals surface area contributed by atoms with Crippen LogP contribution in [0.15, 0.2) is 24.3 Å². The second kappa shape index (κ2) is 7.65. The third-order valence-electron chi connectivity index (χ3n) is 5.53. The summed E-state index contributed by atoms with van der Waals surface area (Å²) in [6, 6.07) is 9.23. The molecule has 1 N–H and O–H groups in total. The highest BCUT2D eigenvalue weighted by Crippen LogP contribution is 2.39. The molecular formula is C19H28ClN. The van der Waals surface area contributed by atoms with Crippen LogP contribution in [-0.4, -0.2) is 12.6 Å². The van der Waals surface area contributed by atoms with Crippen molar-refractivity contribution in [3.63, 3.8) is 0 Å². The minimum Gasteiger partial charge on any atom is -0.314 e. The SMILES string of the molecule is Clc1ccccc1C1CCC(CCNC2CCCC2)CC1. The Morgan fingerprint density at radius 3 is 2.38 bits per heavy atom. The molecule has 2 saturated carbocycles. The molecule has 3 rings (SSSR count). The van der Waals surface area contributed by atoms with Gasteiger partial charge in [0.25, 0.3) is 0 Å². The van der Waals surface area contributed by atoms with Gasteiger partial charge in [-0.15, -0.1) is 0 Å². The van der Waals surface area contributed by atoms with Gasteiger partial charge in [-0.1, -0.05) is 42.6 Å². The molecule has 1 aromatic carbocycles. The van der Waals surface area contributed by atoms with E-state index in [4.69, 9.17) is 11.6 Å². The van der Waals surface area contributed by atoms with Crippen molar-refractivity contribution in [1.82, 2.24) is 5.32 Å². The van der Waals surface area contributed by atoms with Crippen LogP contribution in [0.3, 0.4) is 0 Å². The van der Waals surface area contributed by atoms with Gasteiger partial charge in [0.2, 0.25) is 0 Å². The quantitative estimate of drug-likeness (QED) is 0.753. The van der Waals surface area contributed by atoms with Gasteiger partial charge in [-0.3, -0.25) is 0 Å². The maximum absolute atomic E-state index is 6.34. The van der Waals surface area contributed by atoms with Gasteiger partial charge in [0, 0.05) is 11.1 Å². The zero-order chi connectivity index (χ0) is 14.5. The Morgan fingerprint density at radius 1 is 0.952 bits per heavy atom. The van der Waals surface area contributed by atoms with E-state index < -0.39 is 0 Å². The van der Waals surface area contributed by atoms with E-state index >= 15 is 0 Å². The largest absolute Gasteiger partial charge is 0.314 e. The van der Waals surface area contributed by atoms with Crippen LogP contribution in [0.25, 0.3) is 0 Å². The molecule has 2 aliphatic carbocycles. The molecule has 0 heterocycles. The number of benzene rings is 1. The van der Waals surface area contributed by atoms with Crippen LogP contribution in [0.2, 0.25) is 5.02 Å². The molecule has 0 radical (unpaired) electrons. The van der Waals surface area contributed by atoms with Crippen molar-refractivity contribution < 1.29 is 0 Å². The van der Waals surface area contributed by atoms with Crippen LogP contribution in [0.1, 0.15) is 69.3 Å². The van der Waals surface area contributed by atoms with Gasteiger partial charge in [0.05, 0.1) is 0 Å². The van der Waals surface area contributed by atoms with E-state index in [1.807, 2.05) is 12.1 Å². The summed E-state index contributed by atoms with van der Waals surface area (Å²) in [5.74, 6) is 1.62. The summed E-state index contributed by atoms with van der Waals surface area (Å²) in [6.45, 7) is 1.23. The minimum absolute atomic E-state index is 0.692. The smallest absolute Gasteiger partial charge is 0.0440 e. The second-order valence-corrected chi connectivity index (χ2v) is 7.37. The third kappa shape index (κ3) is 4.23. The van der Waals surface area contributed by atoms with Gasteiger partial charge in [-0.05, 0) is 75.0 Å². The van der Waals surface area contributed by atoms with Gasteiger partial charge in [-0.2, -0.15) is 0 Å². The molecule has 0 atom stereocenters. The molecule has 1 aromatic rings. The van der Waals surface area contributed by atoms with Crippen molar-refractivity contribution in [3.8, 4) is 0 Å². The van der Waals surface area contributed by atoms with E-state index in [2.05, 4.69) is 17.4 Å². The Balaban J connectivity index is 1.39. The number of rotatable bonds is 5. The summed E-state index contributed by atoms with van der Waals surface area (Å²) in [5, 5.41) is 4.72. The molecule has 0 amide bonds. The molecule has 2 heteroatoms. The molecule has 21 heavy (non-hydrogen) atoms. The molecule has 2 fully saturated rings. The van der Waals surface area contributed by atoms with Crippen molar-refractivity contribution >= 4 is 11.6 Å². The van der Waals surface area contributed by atoms with E-state index in [0.29, 0.717) is 5.92 Å². The molecule has 0 spiro atoms. The molecule has 116 valence electrons. The Kier molecular flexibility index (Phi) is 5.60. The number of hydrogen-bond acceptors (Lipinski definition) is 1. The summed E-state index contributed by atoms with van der Waals surface area (Å²) in [6.07, 6.45) is 12.4. The highest BCUT2D eigenvalue weighted by atomic mass is 35.5. The van der Waals surface area contributed by atoms with Crippen molar-refractivity contribution in [2.45, 2.75) is 69.7 Å². The van der Waals surface area contributed by atoms with Crippen LogP contribution in [0.5, 0.6) is 0 Å². The first-order valence-corrected chi connectivity index (χ1v) is 9.18. The lowest BCUT2D eigenvalue weighted by Crippen LogP contribution is -2.28. The van der Waals surface area contributed by atoms with Crippen LogP contribution in [0, 0.1) is 5.92 Å². The van der Waals surface area contributed by atoms with Crippen LogP contribution in [-0.2, 0) is 0 Å². The van der Waals surface area contributed by atoms with E-state index in [9.17, 15) is 0 Å². The zero-order valence-electron chi connectivity index (χ0n) is 13.0. The second-order valence-electron chi connectivity index (χ2n) is 6.96. The van der Waals surface area contributed by atoms with Crippen molar-refractivity contribution in [1.29, 1.82) is 0 Å². The third-order valence-corrected chi connectivity index (χ3v) is 5.88. The van der Waals surface area contributed by atoms with E-state index in [0.717, 1.165) is 17.0 Å². The monoisotopic (exact) mass is 305 g/mol. The van der Waals surface area contributed by atoms with E-state index in [-0.39, 0.29) is 0 Å². The van der Waals surface area contributed by atoms with Crippen molar-refractivity contribution in [2.75, 3.05) is 6.54 Å². The molecule has 0 aliphatic heterocycles. The summed E-state index contributed by atoms with van der Waals surface area (Å²) >= 11 is 6.34. The fourth-order valence-electron chi connectivity index (χ4n) is 4.19. The fourth-order valence-corrected chi connectivity index (χ4v) is 4.48. The number of halogens is 1. The molecule has 2 aliphatic rings. The number of nitrogens with one attached hydrogen (secondary N) is 1. The first-order valence-electron chi connectivity index (χ1n) is 8.80. The molecule has 0 bridgehead atoms. The molecule has 0 saturated heterocycles. The Hall–Kier alpha value is -0.530. The van der Waals surface area contributed by atoms with Crippen LogP contribution >= 0.6 is 11.6 Å². The van der Waals surface area contributed by atoms with Gasteiger partial charge in [0.1, 0.15) is 0 Å².